The van der Waals surface area contributed by atoms with E-state index in [0.717, 1.165) is 18.1 Å². The molecule has 10 nitrogen and oxygen atoms in total. The van der Waals surface area contributed by atoms with Crippen LogP contribution < -0.4 is 4.74 Å². The number of aliphatic hydroxyl groups is 1. The van der Waals surface area contributed by atoms with E-state index in [1.165, 1.54) is 30.5 Å². The van der Waals surface area contributed by atoms with Gasteiger partial charge in [-0.25, -0.2) is 9.37 Å². The van der Waals surface area contributed by atoms with E-state index in [1.807, 2.05) is 12.1 Å². The summed E-state index contributed by atoms with van der Waals surface area (Å²) in [7, 11) is 0. The molecule has 35 heavy (non-hydrogen) atoms. The summed E-state index contributed by atoms with van der Waals surface area (Å²) in [5.74, 6) is 0.136. The van der Waals surface area contributed by atoms with Crippen molar-refractivity contribution < 1.29 is 23.6 Å². The van der Waals surface area contributed by atoms with Gasteiger partial charge in [0, 0.05) is 30.4 Å². The summed E-state index contributed by atoms with van der Waals surface area (Å²) in [6.07, 6.45) is 8.50. The van der Waals surface area contributed by atoms with Crippen molar-refractivity contribution in [3.05, 3.63) is 99.8 Å². The molecule has 0 amide bonds. The van der Waals surface area contributed by atoms with Crippen molar-refractivity contribution in [2.24, 2.45) is 0 Å². The Hall–Kier alpha value is -4.38. The first-order valence-corrected chi connectivity index (χ1v) is 10.8. The van der Waals surface area contributed by atoms with E-state index in [4.69, 9.17) is 9.15 Å². The van der Waals surface area contributed by atoms with Gasteiger partial charge in [-0.1, -0.05) is 17.3 Å². The van der Waals surface area contributed by atoms with Crippen LogP contribution >= 0.6 is 0 Å². The summed E-state index contributed by atoms with van der Waals surface area (Å²) in [6.45, 7) is 0.846. The molecule has 0 radical (unpaired) electrons. The molecule has 4 aromatic rings. The Bertz CT molecular complexity index is 1290. The molecule has 1 unspecified atom stereocenters. The Labute approximate surface area is 199 Å². The normalized spacial score (nSPS) is 12.2. The Morgan fingerprint density at radius 3 is 2.77 bits per heavy atom. The van der Waals surface area contributed by atoms with Crippen LogP contribution in [0.4, 0.5) is 10.1 Å². The number of rotatable bonds is 11. The third-order valence-corrected chi connectivity index (χ3v) is 5.16. The summed E-state index contributed by atoms with van der Waals surface area (Å²) >= 11 is 0. The van der Waals surface area contributed by atoms with Crippen LogP contribution in [0.2, 0.25) is 0 Å². The third-order valence-electron chi connectivity index (χ3n) is 5.16. The van der Waals surface area contributed by atoms with E-state index in [2.05, 4.69) is 15.3 Å². The van der Waals surface area contributed by atoms with Crippen LogP contribution in [0.15, 0.2) is 65.5 Å². The van der Waals surface area contributed by atoms with Crippen LogP contribution in [0, 0.1) is 15.9 Å². The third kappa shape index (κ3) is 6.58. The van der Waals surface area contributed by atoms with Crippen molar-refractivity contribution in [1.29, 1.82) is 0 Å². The number of benzene rings is 2. The summed E-state index contributed by atoms with van der Waals surface area (Å²) in [5.41, 5.74) is 1.18. The SMILES string of the molecule is O=[N+]([O-])c1ccc(C=Cc2nc(COc3ccc(C(O)CCCn4ccnn4)cc3)co2)c(F)c1. The minimum atomic E-state index is -0.714. The molecule has 2 aromatic carbocycles. The van der Waals surface area contributed by atoms with E-state index >= 15 is 0 Å². The number of aryl methyl sites for hydroxylation is 1. The number of oxazole rings is 1. The lowest BCUT2D eigenvalue weighted by atomic mass is 10.0. The van der Waals surface area contributed by atoms with Gasteiger partial charge in [-0.2, -0.15) is 0 Å². The lowest BCUT2D eigenvalue weighted by Gasteiger charge is -2.12. The van der Waals surface area contributed by atoms with E-state index < -0.39 is 16.8 Å². The molecule has 1 atom stereocenters. The van der Waals surface area contributed by atoms with Gasteiger partial charge in [0.2, 0.25) is 5.89 Å². The lowest BCUT2D eigenvalue weighted by molar-refractivity contribution is -0.385. The fourth-order valence-corrected chi connectivity index (χ4v) is 3.30. The van der Waals surface area contributed by atoms with Crippen LogP contribution in [-0.4, -0.2) is 30.0 Å². The van der Waals surface area contributed by atoms with Gasteiger partial charge in [-0.3, -0.25) is 14.8 Å². The van der Waals surface area contributed by atoms with Crippen molar-refractivity contribution in [3.63, 3.8) is 0 Å². The van der Waals surface area contributed by atoms with Crippen LogP contribution in [-0.2, 0) is 13.2 Å². The molecule has 0 aliphatic rings. The van der Waals surface area contributed by atoms with Crippen molar-refractivity contribution in [2.75, 3.05) is 0 Å². The molecule has 11 heteroatoms. The number of ether oxygens (including phenoxy) is 1. The molecule has 2 heterocycles. The molecule has 2 aromatic heterocycles. The highest BCUT2D eigenvalue weighted by atomic mass is 19.1. The largest absolute Gasteiger partial charge is 0.487 e. The maximum Gasteiger partial charge on any atom is 0.272 e. The summed E-state index contributed by atoms with van der Waals surface area (Å²) in [4.78, 5) is 14.3. The first kappa shape index (κ1) is 23.8. The van der Waals surface area contributed by atoms with E-state index in [-0.39, 0.29) is 23.7 Å². The van der Waals surface area contributed by atoms with Crippen molar-refractivity contribution >= 4 is 17.8 Å². The minimum absolute atomic E-state index is 0.156. The van der Waals surface area contributed by atoms with Crippen molar-refractivity contribution in [3.8, 4) is 5.75 Å². The van der Waals surface area contributed by atoms with Gasteiger partial charge >= 0.3 is 0 Å². The van der Waals surface area contributed by atoms with E-state index in [1.54, 1.807) is 29.2 Å². The smallest absolute Gasteiger partial charge is 0.272 e. The first-order chi connectivity index (χ1) is 17.0. The predicted molar refractivity (Wildman–Crippen MR) is 123 cm³/mol. The van der Waals surface area contributed by atoms with Gasteiger partial charge in [0.05, 0.1) is 23.3 Å². The number of hydrogen-bond acceptors (Lipinski definition) is 8. The zero-order valence-electron chi connectivity index (χ0n) is 18.5. The standard InChI is InChI=1S/C24H22FN5O5/c25-22-14-20(30(32)33)7-3-17(22)6-10-24-27-19(16-35-24)15-34-21-8-4-18(5-9-21)23(31)2-1-12-29-13-11-26-28-29/h3-11,13-14,16,23,31H,1-2,12,15H2. The number of halogens is 1. The molecule has 0 aliphatic carbocycles. The second-order valence-corrected chi connectivity index (χ2v) is 7.66. The summed E-state index contributed by atoms with van der Waals surface area (Å²) in [6, 6.07) is 10.6. The number of nitrogens with zero attached hydrogens (tertiary/aromatic N) is 5. The second kappa shape index (κ2) is 11.2. The van der Waals surface area contributed by atoms with Crippen molar-refractivity contribution in [1.82, 2.24) is 20.0 Å². The number of aromatic nitrogens is 4. The predicted octanol–water partition coefficient (Wildman–Crippen LogP) is 4.58. The Kier molecular flexibility index (Phi) is 7.58. The lowest BCUT2D eigenvalue weighted by Crippen LogP contribution is -2.03. The molecule has 180 valence electrons. The topological polar surface area (TPSA) is 129 Å². The molecule has 0 spiro atoms. The molecule has 1 N–H and O–H groups in total. The molecule has 0 bridgehead atoms. The Morgan fingerprint density at radius 2 is 2.06 bits per heavy atom. The number of nitro groups is 1. The van der Waals surface area contributed by atoms with Gasteiger partial charge in [0.15, 0.2) is 0 Å². The number of non-ortho nitro benzene ring substituents is 1. The molecule has 0 saturated carbocycles. The van der Waals surface area contributed by atoms with Gasteiger partial charge < -0.3 is 14.3 Å². The van der Waals surface area contributed by atoms with Crippen LogP contribution in [0.1, 0.15) is 41.7 Å². The average molecular weight is 479 g/mol. The van der Waals surface area contributed by atoms with E-state index in [9.17, 15) is 19.6 Å². The molecule has 0 saturated heterocycles. The summed E-state index contributed by atoms with van der Waals surface area (Å²) in [5, 5.41) is 28.7. The monoisotopic (exact) mass is 479 g/mol. The second-order valence-electron chi connectivity index (χ2n) is 7.66. The zero-order chi connectivity index (χ0) is 24.6. The Balaban J connectivity index is 1.26. The molecule has 4 rings (SSSR count). The number of hydrogen-bond donors (Lipinski definition) is 1. The number of aliphatic hydroxyl groups excluding tert-OH is 1. The van der Waals surface area contributed by atoms with Crippen molar-refractivity contribution in [2.45, 2.75) is 32.1 Å². The highest BCUT2D eigenvalue weighted by molar-refractivity contribution is 5.67. The highest BCUT2D eigenvalue weighted by Crippen LogP contribution is 2.23. The van der Waals surface area contributed by atoms with E-state index in [0.29, 0.717) is 24.4 Å². The zero-order valence-corrected chi connectivity index (χ0v) is 18.5. The molecular formula is C24H22FN5O5. The van der Waals surface area contributed by atoms with Crippen LogP contribution in [0.5, 0.6) is 5.75 Å². The maximum atomic E-state index is 14.0. The van der Waals surface area contributed by atoms with Crippen LogP contribution in [0.3, 0.4) is 0 Å². The minimum Gasteiger partial charge on any atom is -0.487 e. The quantitative estimate of drug-likeness (QED) is 0.244. The van der Waals surface area contributed by atoms with Gasteiger partial charge in [0.1, 0.15) is 30.1 Å². The van der Waals surface area contributed by atoms with Gasteiger partial charge in [-0.05, 0) is 42.7 Å². The molecule has 0 aliphatic heterocycles. The van der Waals surface area contributed by atoms with Gasteiger partial charge in [-0.15, -0.1) is 5.10 Å². The molecule has 0 fully saturated rings. The Morgan fingerprint density at radius 1 is 1.23 bits per heavy atom. The van der Waals surface area contributed by atoms with Crippen LogP contribution in [0.25, 0.3) is 12.2 Å². The average Bonchev–Trinajstić information content (AvgIpc) is 3.54. The number of nitro benzene ring substituents is 1. The molecular weight excluding hydrogens is 457 g/mol. The first-order valence-electron chi connectivity index (χ1n) is 10.8. The highest BCUT2D eigenvalue weighted by Gasteiger charge is 2.10. The maximum absolute atomic E-state index is 14.0. The fourth-order valence-electron chi connectivity index (χ4n) is 3.30. The van der Waals surface area contributed by atoms with Gasteiger partial charge in [0.25, 0.3) is 5.69 Å². The fraction of sp³-hybridized carbons (Fsp3) is 0.208. The summed E-state index contributed by atoms with van der Waals surface area (Å²) < 4.78 is 26.8.